The monoisotopic (exact) mass is 708 g/mol. The van der Waals surface area contributed by atoms with E-state index < -0.39 is 0 Å². The second kappa shape index (κ2) is 21.3. The molecule has 6 rings (SSSR count). The SMILES string of the molecule is C=C.C=C.C=CCC.CC(C)CCCC1(C)C(C)CCC2(C)C3CCC4(C)CCCC4C3CCC12.CCc1cccc(-c2cccc(C(C)=N)c2)c1. The van der Waals surface area contributed by atoms with E-state index in [1.54, 1.807) is 32.1 Å². The minimum absolute atomic E-state index is 0.600. The fourth-order valence-corrected chi connectivity index (χ4v) is 11.3. The Morgan fingerprint density at radius 2 is 1.48 bits per heavy atom. The van der Waals surface area contributed by atoms with Gasteiger partial charge >= 0.3 is 0 Å². The van der Waals surface area contributed by atoms with Gasteiger partial charge in [-0.05, 0) is 158 Å². The Labute approximate surface area is 323 Å². The molecule has 8 unspecified atom stereocenters. The highest BCUT2D eigenvalue weighted by Gasteiger charge is 2.61. The van der Waals surface area contributed by atoms with Gasteiger partial charge < -0.3 is 5.41 Å². The van der Waals surface area contributed by atoms with Crippen LogP contribution in [0.3, 0.4) is 0 Å². The van der Waals surface area contributed by atoms with Gasteiger partial charge in [-0.15, -0.1) is 32.9 Å². The van der Waals surface area contributed by atoms with Crippen LogP contribution in [-0.2, 0) is 6.42 Å². The lowest BCUT2D eigenvalue weighted by Gasteiger charge is -2.65. The van der Waals surface area contributed by atoms with E-state index in [1.807, 2.05) is 25.1 Å². The molecule has 0 aromatic heterocycles. The molecule has 0 aliphatic heterocycles. The van der Waals surface area contributed by atoms with Gasteiger partial charge in [-0.3, -0.25) is 0 Å². The molecule has 0 bridgehead atoms. The first-order valence-corrected chi connectivity index (χ1v) is 21.2. The number of hydrogen-bond acceptors (Lipinski definition) is 1. The van der Waals surface area contributed by atoms with E-state index in [4.69, 9.17) is 5.41 Å². The summed E-state index contributed by atoms with van der Waals surface area (Å²) in [7, 11) is 0. The molecular weight excluding hydrogens is 627 g/mol. The van der Waals surface area contributed by atoms with Gasteiger partial charge in [0.2, 0.25) is 0 Å². The Morgan fingerprint density at radius 3 is 2.08 bits per heavy atom. The highest BCUT2D eigenvalue weighted by Crippen LogP contribution is 2.70. The Hall–Kier alpha value is -2.67. The lowest BCUT2D eigenvalue weighted by Crippen LogP contribution is -2.58. The zero-order valence-corrected chi connectivity index (χ0v) is 35.6. The molecule has 0 spiro atoms. The minimum atomic E-state index is 0.600. The number of aryl methyl sites for hydroxylation is 1. The quantitative estimate of drug-likeness (QED) is 0.209. The predicted molar refractivity (Wildman–Crippen MR) is 234 cm³/mol. The second-order valence-corrected chi connectivity index (χ2v) is 17.8. The van der Waals surface area contributed by atoms with Gasteiger partial charge in [0.05, 0.1) is 0 Å². The molecule has 1 N–H and O–H groups in total. The predicted octanol–water partition coefficient (Wildman–Crippen LogP) is 16.0. The van der Waals surface area contributed by atoms with Crippen LogP contribution in [0.15, 0.2) is 87.5 Å². The Kier molecular flexibility index (Phi) is 18.6. The Bertz CT molecular complexity index is 1370. The van der Waals surface area contributed by atoms with Gasteiger partial charge in [-0.2, -0.15) is 0 Å². The zero-order chi connectivity index (χ0) is 39.1. The van der Waals surface area contributed by atoms with Crippen LogP contribution in [-0.4, -0.2) is 5.71 Å². The highest BCUT2D eigenvalue weighted by molar-refractivity contribution is 5.97. The van der Waals surface area contributed by atoms with E-state index in [2.05, 4.69) is 125 Å². The third-order valence-electron chi connectivity index (χ3n) is 14.4. The molecule has 0 amide bonds. The molecule has 4 fully saturated rings. The van der Waals surface area contributed by atoms with Crippen LogP contribution in [0.1, 0.15) is 157 Å². The lowest BCUT2D eigenvalue weighted by atomic mass is 9.39. The standard InChI is InChI=1S/C27H48.C16H17N.C4H8.2C2H4/c1-19(2)9-7-16-26(5)20(3)13-18-27(6)23-14-17-25(4)15-8-10-22(25)21(23)11-12-24(26)27;1-3-13-6-4-8-15(10-13)16-9-5-7-14(11-16)12(2)17;1-3-4-2;2*1-2/h19-24H,7-18H2,1-6H3;4-11,17H,3H2,1-2H3;3H,1,4H2,2H3;2*1-2H2. The van der Waals surface area contributed by atoms with Crippen molar-refractivity contribution in [2.24, 2.45) is 51.8 Å². The summed E-state index contributed by atoms with van der Waals surface area (Å²) >= 11 is 0. The first kappa shape index (κ1) is 45.5. The molecular formula is C51H81N. The number of nitrogens with one attached hydrogen (secondary N) is 1. The van der Waals surface area contributed by atoms with Crippen molar-refractivity contribution in [1.29, 1.82) is 5.41 Å². The minimum Gasteiger partial charge on any atom is -0.305 e. The summed E-state index contributed by atoms with van der Waals surface area (Å²) in [5.41, 5.74) is 7.32. The normalized spacial score (nSPS) is 31.2. The number of hydrogen-bond donors (Lipinski definition) is 1. The second-order valence-electron chi connectivity index (χ2n) is 17.8. The van der Waals surface area contributed by atoms with Crippen LogP contribution in [0.4, 0.5) is 0 Å². The first-order chi connectivity index (χ1) is 24.8. The number of rotatable bonds is 8. The van der Waals surface area contributed by atoms with Crippen LogP contribution in [0.2, 0.25) is 0 Å². The van der Waals surface area contributed by atoms with Gasteiger partial charge in [0.1, 0.15) is 0 Å². The van der Waals surface area contributed by atoms with Crippen molar-refractivity contribution in [3.63, 3.8) is 0 Å². The third kappa shape index (κ3) is 10.7. The number of fused-ring (bicyclic) bond motifs is 5. The fraction of sp³-hybridized carbons (Fsp3) is 0.627. The van der Waals surface area contributed by atoms with Crippen LogP contribution < -0.4 is 0 Å². The Morgan fingerprint density at radius 1 is 0.846 bits per heavy atom. The van der Waals surface area contributed by atoms with Crippen molar-refractivity contribution in [3.8, 4) is 11.1 Å². The molecule has 0 saturated heterocycles. The summed E-state index contributed by atoms with van der Waals surface area (Å²) in [4.78, 5) is 0. The highest BCUT2D eigenvalue weighted by atomic mass is 14.7. The van der Waals surface area contributed by atoms with Gasteiger partial charge in [0.15, 0.2) is 0 Å². The average Bonchev–Trinajstić information content (AvgIpc) is 3.57. The lowest BCUT2D eigenvalue weighted by molar-refractivity contribution is -0.163. The molecule has 0 radical (unpaired) electrons. The number of benzene rings is 2. The van der Waals surface area contributed by atoms with Crippen LogP contribution in [0.25, 0.3) is 11.1 Å². The van der Waals surface area contributed by atoms with E-state index in [0.29, 0.717) is 22.0 Å². The maximum Gasteiger partial charge on any atom is 0.0355 e. The molecule has 290 valence electrons. The topological polar surface area (TPSA) is 23.9 Å². The Balaban J connectivity index is 0.000000321. The molecule has 52 heavy (non-hydrogen) atoms. The van der Waals surface area contributed by atoms with Crippen LogP contribution in [0, 0.1) is 57.2 Å². The van der Waals surface area contributed by atoms with Gasteiger partial charge in [-0.1, -0.05) is 123 Å². The smallest absolute Gasteiger partial charge is 0.0355 e. The maximum atomic E-state index is 7.67. The summed E-state index contributed by atoms with van der Waals surface area (Å²) < 4.78 is 0. The molecule has 2 aromatic carbocycles. The first-order valence-electron chi connectivity index (χ1n) is 21.2. The van der Waals surface area contributed by atoms with Crippen molar-refractivity contribution >= 4 is 5.71 Å². The zero-order valence-electron chi connectivity index (χ0n) is 35.6. The third-order valence-corrected chi connectivity index (χ3v) is 14.4. The maximum absolute atomic E-state index is 7.67. The summed E-state index contributed by atoms with van der Waals surface area (Å²) in [6, 6.07) is 16.8. The largest absolute Gasteiger partial charge is 0.305 e. The van der Waals surface area contributed by atoms with E-state index in [0.717, 1.165) is 53.9 Å². The summed E-state index contributed by atoms with van der Waals surface area (Å²) in [5.74, 6) is 5.98. The summed E-state index contributed by atoms with van der Waals surface area (Å²) in [5, 5.41) is 7.67. The van der Waals surface area contributed by atoms with Gasteiger partial charge in [0.25, 0.3) is 0 Å². The molecule has 0 heterocycles. The van der Waals surface area contributed by atoms with Crippen LogP contribution in [0.5, 0.6) is 0 Å². The fourth-order valence-electron chi connectivity index (χ4n) is 11.3. The van der Waals surface area contributed by atoms with E-state index >= 15 is 0 Å². The van der Waals surface area contributed by atoms with Crippen molar-refractivity contribution in [2.45, 2.75) is 152 Å². The van der Waals surface area contributed by atoms with E-state index in [1.165, 1.54) is 61.6 Å². The van der Waals surface area contributed by atoms with Gasteiger partial charge in [-0.25, -0.2) is 0 Å². The van der Waals surface area contributed by atoms with Gasteiger partial charge in [0, 0.05) is 5.71 Å². The number of allylic oxidation sites excluding steroid dienone is 1. The summed E-state index contributed by atoms with van der Waals surface area (Å²) in [6.07, 6.45) is 22.2. The molecule has 1 heteroatoms. The van der Waals surface area contributed by atoms with Crippen molar-refractivity contribution in [2.75, 3.05) is 0 Å². The van der Waals surface area contributed by atoms with E-state index in [-0.39, 0.29) is 0 Å². The molecule has 4 aliphatic carbocycles. The van der Waals surface area contributed by atoms with E-state index in [9.17, 15) is 0 Å². The van der Waals surface area contributed by atoms with Crippen molar-refractivity contribution in [1.82, 2.24) is 0 Å². The molecule has 1 nitrogen and oxygen atoms in total. The molecule has 8 atom stereocenters. The average molecular weight is 708 g/mol. The summed E-state index contributed by atoms with van der Waals surface area (Å²) in [6.45, 7) is 37.1. The molecule has 2 aromatic rings. The molecule has 4 saturated carbocycles. The van der Waals surface area contributed by atoms with Crippen molar-refractivity contribution < 1.29 is 0 Å². The van der Waals surface area contributed by atoms with Crippen LogP contribution >= 0.6 is 0 Å². The van der Waals surface area contributed by atoms with Crippen molar-refractivity contribution in [3.05, 3.63) is 98.6 Å². The molecule has 4 aliphatic rings.